The van der Waals surface area contributed by atoms with E-state index in [0.29, 0.717) is 0 Å². The van der Waals surface area contributed by atoms with Crippen LogP contribution in [0.2, 0.25) is 0 Å². The molecule has 0 radical (unpaired) electrons. The molecule has 0 fully saturated rings. The fourth-order valence-corrected chi connectivity index (χ4v) is 9.33. The Morgan fingerprint density at radius 3 is 1.96 bits per heavy atom. The highest BCUT2D eigenvalue weighted by molar-refractivity contribution is 7.26. The maximum absolute atomic E-state index is 6.58. The van der Waals surface area contributed by atoms with Gasteiger partial charge in [-0.15, -0.1) is 11.3 Å². The van der Waals surface area contributed by atoms with Crippen LogP contribution in [-0.2, 0) is 0 Å². The van der Waals surface area contributed by atoms with Crippen LogP contribution in [0.1, 0.15) is 0 Å². The summed E-state index contributed by atoms with van der Waals surface area (Å²) in [4.78, 5) is 5.36. The third-order valence-corrected chi connectivity index (χ3v) is 11.7. The molecule has 52 heavy (non-hydrogen) atoms. The Morgan fingerprint density at radius 1 is 0.404 bits per heavy atom. The van der Waals surface area contributed by atoms with E-state index in [1.165, 1.54) is 47.8 Å². The zero-order chi connectivity index (χ0) is 34.2. The van der Waals surface area contributed by atoms with Crippen molar-refractivity contribution in [3.8, 4) is 44.6 Å². The summed E-state index contributed by atoms with van der Waals surface area (Å²) in [5, 5.41) is 8.30. The van der Waals surface area contributed by atoms with Crippen LogP contribution in [0.25, 0.3) is 108 Å². The number of furan rings is 1. The quantitative estimate of drug-likeness (QED) is 0.173. The standard InChI is InChI=1S/C49H29NOS/c1-2-12-32(13-3-1)45-46-38-17-4-7-21-41(38)50-48(40(46)29-43-47(45)39-18-5-8-22-42(39)51-43)34-15-10-14-33(28-34)30-24-26-31(27-25-30)35-19-11-20-37-36-16-6-9-23-44(36)52-49(35)37/h1-29H. The second-order valence-electron chi connectivity index (χ2n) is 13.4. The van der Waals surface area contributed by atoms with Crippen molar-refractivity contribution in [3.63, 3.8) is 0 Å². The predicted molar refractivity (Wildman–Crippen MR) is 221 cm³/mol. The van der Waals surface area contributed by atoms with Gasteiger partial charge in [0.25, 0.3) is 0 Å². The fourth-order valence-electron chi connectivity index (χ4n) is 8.09. The summed E-state index contributed by atoms with van der Waals surface area (Å²) < 4.78 is 9.24. The molecule has 11 aromatic rings. The normalized spacial score (nSPS) is 11.8. The van der Waals surface area contributed by atoms with Gasteiger partial charge in [0.15, 0.2) is 0 Å². The average molecular weight is 680 g/mol. The second kappa shape index (κ2) is 11.5. The van der Waals surface area contributed by atoms with Crippen LogP contribution in [0.15, 0.2) is 180 Å². The first-order chi connectivity index (χ1) is 25.8. The molecule has 0 saturated carbocycles. The van der Waals surface area contributed by atoms with E-state index in [9.17, 15) is 0 Å². The Kier molecular flexibility index (Phi) is 6.46. The molecule has 0 atom stereocenters. The molecule has 3 heterocycles. The van der Waals surface area contributed by atoms with Crippen LogP contribution in [0.5, 0.6) is 0 Å². The highest BCUT2D eigenvalue weighted by atomic mass is 32.1. The van der Waals surface area contributed by atoms with E-state index < -0.39 is 0 Å². The van der Waals surface area contributed by atoms with Gasteiger partial charge in [-0.05, 0) is 58.1 Å². The summed E-state index contributed by atoms with van der Waals surface area (Å²) in [6.45, 7) is 0. The Morgan fingerprint density at radius 2 is 1.08 bits per heavy atom. The van der Waals surface area contributed by atoms with Gasteiger partial charge in [0.1, 0.15) is 11.2 Å². The van der Waals surface area contributed by atoms with Crippen LogP contribution in [0.4, 0.5) is 0 Å². The van der Waals surface area contributed by atoms with E-state index >= 15 is 0 Å². The highest BCUT2D eigenvalue weighted by Crippen LogP contribution is 2.46. The van der Waals surface area contributed by atoms with Crippen LogP contribution in [0, 0.1) is 0 Å². The van der Waals surface area contributed by atoms with Gasteiger partial charge in [-0.25, -0.2) is 4.98 Å². The van der Waals surface area contributed by atoms with Gasteiger partial charge in [-0.3, -0.25) is 0 Å². The molecular formula is C49H29NOS. The molecule has 3 aromatic heterocycles. The summed E-state index contributed by atoms with van der Waals surface area (Å²) in [5.74, 6) is 0. The third kappa shape index (κ3) is 4.46. The summed E-state index contributed by atoms with van der Waals surface area (Å²) >= 11 is 1.87. The summed E-state index contributed by atoms with van der Waals surface area (Å²) in [5.41, 5.74) is 11.9. The number of hydrogen-bond acceptors (Lipinski definition) is 3. The molecule has 0 aliphatic heterocycles. The third-order valence-electron chi connectivity index (χ3n) is 10.5. The number of thiophene rings is 1. The minimum Gasteiger partial charge on any atom is -0.456 e. The molecular weight excluding hydrogens is 651 g/mol. The molecule has 0 unspecified atom stereocenters. The molecule has 0 aliphatic rings. The van der Waals surface area contributed by atoms with E-state index in [1.807, 2.05) is 17.4 Å². The number of fused-ring (bicyclic) bond motifs is 9. The largest absolute Gasteiger partial charge is 0.456 e. The number of nitrogens with zero attached hydrogens (tertiary/aromatic N) is 1. The molecule has 3 heteroatoms. The Balaban J connectivity index is 1.10. The maximum Gasteiger partial charge on any atom is 0.136 e. The molecule has 0 saturated heterocycles. The first kappa shape index (κ1) is 29.2. The van der Waals surface area contributed by atoms with Gasteiger partial charge in [0.05, 0.1) is 11.2 Å². The summed E-state index contributed by atoms with van der Waals surface area (Å²) in [6.07, 6.45) is 0. The van der Waals surface area contributed by atoms with E-state index in [0.717, 1.165) is 60.6 Å². The van der Waals surface area contributed by atoms with E-state index in [4.69, 9.17) is 9.40 Å². The SMILES string of the molecule is c1ccc(-c2c3c(cc4c(-c5cccc(-c6ccc(-c7cccc8c7sc7ccccc78)cc6)c5)nc5ccccc5c24)oc2ccccc23)cc1. The van der Waals surface area contributed by atoms with Gasteiger partial charge in [-0.2, -0.15) is 0 Å². The molecule has 8 aromatic carbocycles. The van der Waals surface area contributed by atoms with Gasteiger partial charge >= 0.3 is 0 Å². The van der Waals surface area contributed by atoms with Crippen LogP contribution in [0.3, 0.4) is 0 Å². The van der Waals surface area contributed by atoms with Gasteiger partial charge in [0.2, 0.25) is 0 Å². The second-order valence-corrected chi connectivity index (χ2v) is 14.5. The number of benzene rings is 8. The molecule has 0 N–H and O–H groups in total. The monoisotopic (exact) mass is 679 g/mol. The van der Waals surface area contributed by atoms with Crippen molar-refractivity contribution >= 4 is 75.1 Å². The summed E-state index contributed by atoms with van der Waals surface area (Å²) in [6, 6.07) is 63.0. The van der Waals surface area contributed by atoms with Crippen molar-refractivity contribution in [1.82, 2.24) is 4.98 Å². The Bertz CT molecular complexity index is 3170. The van der Waals surface area contributed by atoms with Crippen LogP contribution < -0.4 is 0 Å². The zero-order valence-electron chi connectivity index (χ0n) is 28.0. The lowest BCUT2D eigenvalue weighted by molar-refractivity contribution is 0.669. The number of pyridine rings is 1. The van der Waals surface area contributed by atoms with Crippen molar-refractivity contribution in [2.45, 2.75) is 0 Å². The summed E-state index contributed by atoms with van der Waals surface area (Å²) in [7, 11) is 0. The maximum atomic E-state index is 6.58. The fraction of sp³-hybridized carbons (Fsp3) is 0. The lowest BCUT2D eigenvalue weighted by atomic mass is 9.89. The van der Waals surface area contributed by atoms with Crippen molar-refractivity contribution in [3.05, 3.63) is 176 Å². The number of aromatic nitrogens is 1. The first-order valence-electron chi connectivity index (χ1n) is 17.6. The van der Waals surface area contributed by atoms with Crippen molar-refractivity contribution in [2.24, 2.45) is 0 Å². The molecule has 0 spiro atoms. The minimum atomic E-state index is 0.867. The predicted octanol–water partition coefficient (Wildman–Crippen LogP) is 14.3. The van der Waals surface area contributed by atoms with Crippen LogP contribution >= 0.6 is 11.3 Å². The van der Waals surface area contributed by atoms with E-state index in [1.54, 1.807) is 0 Å². The highest BCUT2D eigenvalue weighted by Gasteiger charge is 2.21. The van der Waals surface area contributed by atoms with Crippen LogP contribution in [-0.4, -0.2) is 4.98 Å². The number of rotatable bonds is 4. The van der Waals surface area contributed by atoms with E-state index in [2.05, 4.69) is 170 Å². The molecule has 11 rings (SSSR count). The van der Waals surface area contributed by atoms with Gasteiger partial charge in [0, 0.05) is 58.2 Å². The lowest BCUT2D eigenvalue weighted by Gasteiger charge is -2.16. The van der Waals surface area contributed by atoms with Crippen molar-refractivity contribution in [2.75, 3.05) is 0 Å². The first-order valence-corrected chi connectivity index (χ1v) is 18.4. The Labute approximate surface area is 303 Å². The minimum absolute atomic E-state index is 0.867. The van der Waals surface area contributed by atoms with Crippen molar-refractivity contribution in [1.29, 1.82) is 0 Å². The Hall–Kier alpha value is -6.55. The van der Waals surface area contributed by atoms with Gasteiger partial charge in [-0.1, -0.05) is 146 Å². The number of hydrogen-bond donors (Lipinski definition) is 0. The average Bonchev–Trinajstić information content (AvgIpc) is 3.78. The molecule has 0 bridgehead atoms. The van der Waals surface area contributed by atoms with Crippen molar-refractivity contribution < 1.29 is 4.42 Å². The molecule has 0 aliphatic carbocycles. The molecule has 2 nitrogen and oxygen atoms in total. The van der Waals surface area contributed by atoms with Gasteiger partial charge < -0.3 is 4.42 Å². The lowest BCUT2D eigenvalue weighted by Crippen LogP contribution is -1.93. The topological polar surface area (TPSA) is 26.0 Å². The zero-order valence-corrected chi connectivity index (χ0v) is 28.8. The molecule has 0 amide bonds. The molecule has 242 valence electrons. The smallest absolute Gasteiger partial charge is 0.136 e. The number of para-hydroxylation sites is 2. The van der Waals surface area contributed by atoms with E-state index in [-0.39, 0.29) is 0 Å².